The van der Waals surface area contributed by atoms with Gasteiger partial charge < -0.3 is 29.4 Å². The van der Waals surface area contributed by atoms with Crippen molar-refractivity contribution in [3.8, 4) is 0 Å². The maximum atomic E-state index is 11.8. The van der Waals surface area contributed by atoms with Crippen LogP contribution in [0.5, 0.6) is 0 Å². The predicted molar refractivity (Wildman–Crippen MR) is 75.1 cm³/mol. The highest BCUT2D eigenvalue weighted by molar-refractivity contribution is 7.60. The Morgan fingerprint density at radius 2 is 1.43 bits per heavy atom. The van der Waals surface area contributed by atoms with Crippen molar-refractivity contribution < 1.29 is 43.1 Å². The molecular formula is C9H19O9P3. The molecule has 0 aromatic carbocycles. The van der Waals surface area contributed by atoms with E-state index in [0.717, 1.165) is 19.9 Å². The van der Waals surface area contributed by atoms with E-state index in [1.165, 1.54) is 6.92 Å². The third-order valence-corrected chi connectivity index (χ3v) is 9.52. The first-order chi connectivity index (χ1) is 8.97. The number of rotatable bonds is 3. The van der Waals surface area contributed by atoms with E-state index < -0.39 is 38.8 Å². The lowest BCUT2D eigenvalue weighted by Gasteiger charge is -2.49. The van der Waals surface area contributed by atoms with Gasteiger partial charge in [-0.3, -0.25) is 13.7 Å². The van der Waals surface area contributed by atoms with Crippen LogP contribution in [0.1, 0.15) is 27.2 Å². The molecular weight excluding hydrogens is 345 g/mol. The van der Waals surface area contributed by atoms with Gasteiger partial charge in [0.1, 0.15) is 5.16 Å². The quantitative estimate of drug-likeness (QED) is 0.312. The summed E-state index contributed by atoms with van der Waals surface area (Å²) in [7, 11) is -15.4. The second-order valence-corrected chi connectivity index (χ2v) is 11.7. The lowest BCUT2D eigenvalue weighted by molar-refractivity contribution is 0.261. The Hall–Kier alpha value is 0.190. The highest BCUT2D eigenvalue weighted by atomic mass is 31.2. The van der Waals surface area contributed by atoms with Gasteiger partial charge in [0.15, 0.2) is 0 Å². The van der Waals surface area contributed by atoms with E-state index in [0.29, 0.717) is 0 Å². The fraction of sp³-hybridized carbons (Fsp3) is 0.778. The average Bonchev–Trinajstić information content (AvgIpc) is 2.08. The van der Waals surface area contributed by atoms with Crippen molar-refractivity contribution in [2.24, 2.45) is 0 Å². The zero-order valence-corrected chi connectivity index (χ0v) is 14.3. The average molecular weight is 364 g/mol. The van der Waals surface area contributed by atoms with E-state index in [2.05, 4.69) is 0 Å². The molecule has 124 valence electrons. The van der Waals surface area contributed by atoms with Crippen LogP contribution in [0.4, 0.5) is 0 Å². The second kappa shape index (κ2) is 5.10. The molecule has 3 atom stereocenters. The van der Waals surface area contributed by atoms with Crippen molar-refractivity contribution in [1.82, 2.24) is 0 Å². The molecule has 1 aliphatic rings. The first-order valence-corrected chi connectivity index (χ1v) is 10.7. The van der Waals surface area contributed by atoms with Crippen LogP contribution in [0.3, 0.4) is 0 Å². The molecule has 0 heterocycles. The van der Waals surface area contributed by atoms with E-state index in [-0.39, 0.29) is 12.0 Å². The van der Waals surface area contributed by atoms with E-state index in [9.17, 15) is 43.1 Å². The van der Waals surface area contributed by atoms with Gasteiger partial charge in [0, 0.05) is 0 Å². The Morgan fingerprint density at radius 1 is 1.00 bits per heavy atom. The molecule has 3 unspecified atom stereocenters. The fourth-order valence-electron chi connectivity index (χ4n) is 3.13. The standard InChI is InChI=1S/C9H19O9P3/c1-6-4-8(2,20(13,14)15)7(19(10,11)12)9(3,5-6)21(16,17)18/h4,7H,5H2,1-3H3,(H2,10,11,12)(H2,13,14,15)(H2,16,17,18). The lowest BCUT2D eigenvalue weighted by Crippen LogP contribution is -2.54. The molecule has 9 nitrogen and oxygen atoms in total. The number of hydrogen-bond acceptors (Lipinski definition) is 3. The van der Waals surface area contributed by atoms with Crippen LogP contribution in [0.15, 0.2) is 11.6 Å². The summed E-state index contributed by atoms with van der Waals surface area (Å²) in [6, 6.07) is 0. The summed E-state index contributed by atoms with van der Waals surface area (Å²) in [6.45, 7) is 3.26. The van der Waals surface area contributed by atoms with E-state index >= 15 is 0 Å². The molecule has 0 bridgehead atoms. The minimum atomic E-state index is -5.23. The van der Waals surface area contributed by atoms with Crippen molar-refractivity contribution in [3.63, 3.8) is 0 Å². The Bertz CT molecular complexity index is 610. The minimum absolute atomic E-state index is 0.247. The fourth-order valence-corrected chi connectivity index (χ4v) is 8.64. The molecule has 12 heteroatoms. The monoisotopic (exact) mass is 364 g/mol. The van der Waals surface area contributed by atoms with E-state index in [4.69, 9.17) is 0 Å². The summed E-state index contributed by atoms with van der Waals surface area (Å²) in [5.41, 5.74) is -1.96. The molecule has 0 aromatic heterocycles. The molecule has 0 aromatic rings. The van der Waals surface area contributed by atoms with Gasteiger partial charge in [0.05, 0.1) is 10.8 Å². The molecule has 1 rings (SSSR count). The van der Waals surface area contributed by atoms with Crippen LogP contribution in [0.2, 0.25) is 0 Å². The van der Waals surface area contributed by atoms with Gasteiger partial charge in [-0.25, -0.2) is 0 Å². The van der Waals surface area contributed by atoms with Gasteiger partial charge in [-0.1, -0.05) is 11.6 Å². The van der Waals surface area contributed by atoms with Crippen LogP contribution in [-0.4, -0.2) is 45.3 Å². The molecule has 0 saturated carbocycles. The second-order valence-electron chi connectivity index (χ2n) is 5.83. The van der Waals surface area contributed by atoms with Crippen LogP contribution in [0.25, 0.3) is 0 Å². The summed E-state index contributed by atoms with van der Waals surface area (Å²) in [6.07, 6.45) is 0.636. The maximum absolute atomic E-state index is 11.8. The third kappa shape index (κ3) is 3.13. The lowest BCUT2D eigenvalue weighted by atomic mass is 9.82. The zero-order valence-electron chi connectivity index (χ0n) is 11.6. The Morgan fingerprint density at radius 3 is 1.71 bits per heavy atom. The first kappa shape index (κ1) is 19.2. The highest BCUT2D eigenvalue weighted by Crippen LogP contribution is 2.73. The number of allylic oxidation sites excluding steroid dienone is 2. The summed E-state index contributed by atoms with van der Waals surface area (Å²) in [5, 5.41) is -4.65. The Kier molecular flexibility index (Phi) is 4.67. The van der Waals surface area contributed by atoms with Crippen molar-refractivity contribution in [2.45, 2.75) is 43.2 Å². The zero-order chi connectivity index (χ0) is 17.1. The van der Waals surface area contributed by atoms with Gasteiger partial charge in [0.2, 0.25) is 0 Å². The van der Waals surface area contributed by atoms with Gasteiger partial charge in [-0.05, 0) is 27.2 Å². The van der Waals surface area contributed by atoms with Crippen LogP contribution < -0.4 is 0 Å². The Balaban J connectivity index is 3.83. The van der Waals surface area contributed by atoms with Gasteiger partial charge >= 0.3 is 22.8 Å². The Labute approximate surface area is 121 Å². The molecule has 6 N–H and O–H groups in total. The SMILES string of the molecule is CC1=CC(C)(P(=O)(O)O)C(P(=O)(O)O)C(C)(P(=O)(O)O)C1. The van der Waals surface area contributed by atoms with Gasteiger partial charge in [-0.15, -0.1) is 0 Å². The normalized spacial score (nSPS) is 35.5. The molecule has 0 fully saturated rings. The summed E-state index contributed by atoms with van der Waals surface area (Å²) in [4.78, 5) is 57.2. The molecule has 0 aliphatic heterocycles. The first-order valence-electron chi connectivity index (χ1n) is 5.81. The highest BCUT2D eigenvalue weighted by Gasteiger charge is 2.68. The molecule has 0 radical (unpaired) electrons. The van der Waals surface area contributed by atoms with Crippen LogP contribution in [-0.2, 0) is 13.7 Å². The minimum Gasteiger partial charge on any atom is -0.324 e. The van der Waals surface area contributed by atoms with Crippen molar-refractivity contribution in [3.05, 3.63) is 11.6 Å². The molecule has 1 aliphatic carbocycles. The summed E-state index contributed by atoms with van der Waals surface area (Å²) < 4.78 is 35.4. The van der Waals surface area contributed by atoms with Gasteiger partial charge in [0.25, 0.3) is 0 Å². The van der Waals surface area contributed by atoms with Gasteiger partial charge in [-0.2, -0.15) is 0 Å². The van der Waals surface area contributed by atoms with Crippen molar-refractivity contribution in [1.29, 1.82) is 0 Å². The summed E-state index contributed by atoms with van der Waals surface area (Å²) in [5.74, 6) is 0. The molecule has 0 amide bonds. The predicted octanol–water partition coefficient (Wildman–Crippen LogP) is 0.755. The summed E-state index contributed by atoms with van der Waals surface area (Å²) >= 11 is 0. The largest absolute Gasteiger partial charge is 0.336 e. The van der Waals surface area contributed by atoms with Crippen LogP contribution >= 0.6 is 22.8 Å². The molecule has 0 saturated heterocycles. The maximum Gasteiger partial charge on any atom is 0.336 e. The van der Waals surface area contributed by atoms with E-state index in [1.54, 1.807) is 0 Å². The smallest absolute Gasteiger partial charge is 0.324 e. The number of hydrogen-bond donors (Lipinski definition) is 6. The van der Waals surface area contributed by atoms with E-state index in [1.807, 2.05) is 0 Å². The topological polar surface area (TPSA) is 173 Å². The third-order valence-electron chi connectivity index (χ3n) is 3.95. The van der Waals surface area contributed by atoms with Crippen molar-refractivity contribution >= 4 is 22.8 Å². The van der Waals surface area contributed by atoms with Crippen LogP contribution in [0, 0.1) is 0 Å². The molecule has 0 spiro atoms. The molecule has 21 heavy (non-hydrogen) atoms. The van der Waals surface area contributed by atoms with Crippen molar-refractivity contribution in [2.75, 3.05) is 0 Å².